The molecule has 0 aliphatic carbocycles. The second kappa shape index (κ2) is 8.44. The van der Waals surface area contributed by atoms with E-state index in [4.69, 9.17) is 21.1 Å². The van der Waals surface area contributed by atoms with Crippen molar-refractivity contribution in [1.29, 1.82) is 0 Å². The summed E-state index contributed by atoms with van der Waals surface area (Å²) in [5, 5.41) is 3.58. The highest BCUT2D eigenvalue weighted by atomic mass is 35.5. The van der Waals surface area contributed by atoms with Gasteiger partial charge in [0.15, 0.2) is 11.5 Å². The number of anilines is 2. The number of aromatic nitrogens is 2. The minimum absolute atomic E-state index is 0.135. The first kappa shape index (κ1) is 19.9. The van der Waals surface area contributed by atoms with E-state index < -0.39 is 5.97 Å². The molecule has 146 valence electrons. The Bertz CT molecular complexity index is 1040. The van der Waals surface area contributed by atoms with E-state index in [1.807, 2.05) is 32.9 Å². The maximum Gasteiger partial charge on any atom is 0.360 e. The predicted octanol–water partition coefficient (Wildman–Crippen LogP) is 5.22. The molecular formula is C21H22ClN3O3. The number of hydrogen-bond donors (Lipinski definition) is 1. The SMILES string of the molecule is CCCOC(=O)c1nc2cc(C)c(C)cc2nc1Nc1ccc(OC)c(Cl)c1. The number of esters is 1. The van der Waals surface area contributed by atoms with Crippen LogP contribution in [-0.4, -0.2) is 29.7 Å². The number of fused-ring (bicyclic) bond motifs is 1. The summed E-state index contributed by atoms with van der Waals surface area (Å²) >= 11 is 6.21. The average Bonchev–Trinajstić information content (AvgIpc) is 2.67. The van der Waals surface area contributed by atoms with Crippen LogP contribution in [0.3, 0.4) is 0 Å². The Kier molecular flexibility index (Phi) is 5.99. The molecule has 28 heavy (non-hydrogen) atoms. The highest BCUT2D eigenvalue weighted by Gasteiger charge is 2.19. The van der Waals surface area contributed by atoms with Crippen LogP contribution in [0, 0.1) is 13.8 Å². The molecule has 3 aromatic rings. The van der Waals surface area contributed by atoms with Gasteiger partial charge in [-0.2, -0.15) is 0 Å². The smallest absolute Gasteiger partial charge is 0.360 e. The number of aryl methyl sites for hydroxylation is 2. The molecular weight excluding hydrogens is 378 g/mol. The van der Waals surface area contributed by atoms with Gasteiger partial charge >= 0.3 is 5.97 Å². The van der Waals surface area contributed by atoms with Crippen molar-refractivity contribution in [2.75, 3.05) is 19.0 Å². The molecule has 7 heteroatoms. The monoisotopic (exact) mass is 399 g/mol. The molecule has 2 aromatic carbocycles. The van der Waals surface area contributed by atoms with E-state index in [-0.39, 0.29) is 5.69 Å². The Morgan fingerprint density at radius 3 is 2.39 bits per heavy atom. The van der Waals surface area contributed by atoms with Crippen LogP contribution in [0.5, 0.6) is 5.75 Å². The van der Waals surface area contributed by atoms with Gasteiger partial charge in [-0.15, -0.1) is 0 Å². The van der Waals surface area contributed by atoms with Crippen molar-refractivity contribution < 1.29 is 14.3 Å². The Labute approximate surface area is 168 Å². The molecule has 1 aromatic heterocycles. The zero-order valence-electron chi connectivity index (χ0n) is 16.3. The molecule has 3 rings (SSSR count). The third kappa shape index (κ3) is 4.17. The number of carbonyl (C=O) groups excluding carboxylic acids is 1. The summed E-state index contributed by atoms with van der Waals surface area (Å²) in [6, 6.07) is 9.10. The first-order valence-electron chi connectivity index (χ1n) is 8.99. The first-order chi connectivity index (χ1) is 13.4. The molecule has 6 nitrogen and oxygen atoms in total. The molecule has 0 bridgehead atoms. The summed E-state index contributed by atoms with van der Waals surface area (Å²) < 4.78 is 10.5. The molecule has 0 radical (unpaired) electrons. The third-order valence-corrected chi connectivity index (χ3v) is 4.62. The number of benzene rings is 2. The number of methoxy groups -OCH3 is 1. The second-order valence-corrected chi connectivity index (χ2v) is 6.86. The molecule has 1 N–H and O–H groups in total. The van der Waals surface area contributed by atoms with Crippen LogP contribution < -0.4 is 10.1 Å². The third-order valence-electron chi connectivity index (χ3n) is 4.32. The number of ether oxygens (including phenoxy) is 2. The number of halogens is 1. The van der Waals surface area contributed by atoms with E-state index >= 15 is 0 Å². The van der Waals surface area contributed by atoms with Crippen LogP contribution in [0.4, 0.5) is 11.5 Å². The van der Waals surface area contributed by atoms with Crippen LogP contribution >= 0.6 is 11.6 Å². The van der Waals surface area contributed by atoms with Gasteiger partial charge in [-0.3, -0.25) is 0 Å². The van der Waals surface area contributed by atoms with Crippen molar-refractivity contribution in [2.45, 2.75) is 27.2 Å². The fraction of sp³-hybridized carbons (Fsp3) is 0.286. The molecule has 0 spiro atoms. The summed E-state index contributed by atoms with van der Waals surface area (Å²) in [6.45, 7) is 6.26. The van der Waals surface area contributed by atoms with Gasteiger partial charge in [-0.05, 0) is 61.7 Å². The summed E-state index contributed by atoms with van der Waals surface area (Å²) in [5.41, 5.74) is 4.31. The van der Waals surface area contributed by atoms with E-state index in [9.17, 15) is 4.79 Å². The second-order valence-electron chi connectivity index (χ2n) is 6.46. The van der Waals surface area contributed by atoms with Crippen molar-refractivity contribution >= 4 is 40.1 Å². The Morgan fingerprint density at radius 2 is 1.79 bits per heavy atom. The zero-order valence-corrected chi connectivity index (χ0v) is 17.1. The Morgan fingerprint density at radius 1 is 1.11 bits per heavy atom. The predicted molar refractivity (Wildman–Crippen MR) is 111 cm³/mol. The lowest BCUT2D eigenvalue weighted by atomic mass is 10.1. The van der Waals surface area contributed by atoms with Gasteiger partial charge in [0, 0.05) is 5.69 Å². The molecule has 0 fully saturated rings. The molecule has 0 amide bonds. The van der Waals surface area contributed by atoms with Crippen LogP contribution in [-0.2, 0) is 4.74 Å². The highest BCUT2D eigenvalue weighted by Crippen LogP contribution is 2.30. The standard InChI is InChI=1S/C21H22ClN3O3/c1-5-8-28-21(26)19-20(23-14-6-7-18(27-4)15(22)11-14)25-17-10-13(3)12(2)9-16(17)24-19/h6-7,9-11H,5,8H2,1-4H3,(H,23,25). The van der Waals surface area contributed by atoms with Crippen molar-refractivity contribution in [3.05, 3.63) is 52.2 Å². The van der Waals surface area contributed by atoms with Gasteiger partial charge in [0.2, 0.25) is 0 Å². The maximum absolute atomic E-state index is 12.6. The normalized spacial score (nSPS) is 10.8. The van der Waals surface area contributed by atoms with Gasteiger partial charge in [0.05, 0.1) is 29.8 Å². The molecule has 0 saturated heterocycles. The minimum atomic E-state index is -0.517. The molecule has 0 saturated carbocycles. The molecule has 1 heterocycles. The summed E-state index contributed by atoms with van der Waals surface area (Å²) in [4.78, 5) is 21.7. The molecule has 0 aliphatic rings. The first-order valence-corrected chi connectivity index (χ1v) is 9.37. The van der Waals surface area contributed by atoms with Crippen LogP contribution in [0.25, 0.3) is 11.0 Å². The lowest BCUT2D eigenvalue weighted by molar-refractivity contribution is 0.0499. The van der Waals surface area contributed by atoms with E-state index in [1.165, 1.54) is 0 Å². The van der Waals surface area contributed by atoms with Crippen molar-refractivity contribution in [1.82, 2.24) is 9.97 Å². The van der Waals surface area contributed by atoms with Gasteiger partial charge < -0.3 is 14.8 Å². The average molecular weight is 400 g/mol. The minimum Gasteiger partial charge on any atom is -0.495 e. The summed E-state index contributed by atoms with van der Waals surface area (Å²) in [5.74, 6) is 0.361. The van der Waals surface area contributed by atoms with Crippen LogP contribution in [0.15, 0.2) is 30.3 Å². The largest absolute Gasteiger partial charge is 0.495 e. The van der Waals surface area contributed by atoms with Crippen LogP contribution in [0.2, 0.25) is 5.02 Å². The quantitative estimate of drug-likeness (QED) is 0.573. The number of nitrogens with zero attached hydrogens (tertiary/aromatic N) is 2. The lowest BCUT2D eigenvalue weighted by Gasteiger charge is -2.13. The topological polar surface area (TPSA) is 73.3 Å². The summed E-state index contributed by atoms with van der Waals surface area (Å²) in [7, 11) is 1.55. The van der Waals surface area contributed by atoms with Gasteiger partial charge in [0.1, 0.15) is 5.75 Å². The number of hydrogen-bond acceptors (Lipinski definition) is 6. The van der Waals surface area contributed by atoms with Crippen molar-refractivity contribution in [3.8, 4) is 5.75 Å². The fourth-order valence-corrected chi connectivity index (χ4v) is 2.94. The van der Waals surface area contributed by atoms with Crippen molar-refractivity contribution in [2.24, 2.45) is 0 Å². The van der Waals surface area contributed by atoms with E-state index in [0.29, 0.717) is 39.9 Å². The lowest BCUT2D eigenvalue weighted by Crippen LogP contribution is -2.13. The Balaban J connectivity index is 2.08. The highest BCUT2D eigenvalue weighted by molar-refractivity contribution is 6.32. The maximum atomic E-state index is 12.6. The summed E-state index contributed by atoms with van der Waals surface area (Å²) in [6.07, 6.45) is 0.724. The van der Waals surface area contributed by atoms with Gasteiger partial charge in [-0.25, -0.2) is 14.8 Å². The Hall–Kier alpha value is -2.86. The van der Waals surface area contributed by atoms with Gasteiger partial charge in [-0.1, -0.05) is 18.5 Å². The van der Waals surface area contributed by atoms with E-state index in [2.05, 4.69) is 15.3 Å². The molecule has 0 unspecified atom stereocenters. The van der Waals surface area contributed by atoms with Crippen LogP contribution in [0.1, 0.15) is 35.0 Å². The van der Waals surface area contributed by atoms with Crippen molar-refractivity contribution in [3.63, 3.8) is 0 Å². The number of nitrogens with one attached hydrogen (secondary N) is 1. The van der Waals surface area contributed by atoms with E-state index in [1.54, 1.807) is 25.3 Å². The molecule has 0 atom stereocenters. The number of carbonyl (C=O) groups is 1. The number of rotatable bonds is 6. The van der Waals surface area contributed by atoms with E-state index in [0.717, 1.165) is 17.5 Å². The zero-order chi connectivity index (χ0) is 20.3. The molecule has 0 aliphatic heterocycles. The fourth-order valence-electron chi connectivity index (χ4n) is 2.69. The van der Waals surface area contributed by atoms with Gasteiger partial charge in [0.25, 0.3) is 0 Å².